The van der Waals surface area contributed by atoms with Gasteiger partial charge in [-0.2, -0.15) is 5.10 Å². The number of rotatable bonds is 1. The van der Waals surface area contributed by atoms with Gasteiger partial charge < -0.3 is 5.73 Å². The predicted molar refractivity (Wildman–Crippen MR) is 70.9 cm³/mol. The highest BCUT2D eigenvalue weighted by Gasteiger charge is 2.11. The third kappa shape index (κ3) is 1.96. The molecule has 3 nitrogen and oxygen atoms in total. The molecule has 1 aromatic carbocycles. The molecule has 2 rings (SSSR count). The molecule has 0 atom stereocenters. The maximum absolute atomic E-state index is 5.96. The van der Waals surface area contributed by atoms with E-state index in [4.69, 9.17) is 17.3 Å². The number of aromatic amines is 1. The summed E-state index contributed by atoms with van der Waals surface area (Å²) in [7, 11) is 0. The van der Waals surface area contributed by atoms with Gasteiger partial charge in [0.25, 0.3) is 0 Å². The number of nitrogen functional groups attached to an aromatic ring is 1. The summed E-state index contributed by atoms with van der Waals surface area (Å²) in [4.78, 5) is 0. The van der Waals surface area contributed by atoms with Gasteiger partial charge in [0.05, 0.1) is 5.69 Å². The van der Waals surface area contributed by atoms with Gasteiger partial charge in [-0.25, -0.2) is 0 Å². The van der Waals surface area contributed by atoms with E-state index in [1.165, 1.54) is 0 Å². The van der Waals surface area contributed by atoms with E-state index in [1.807, 2.05) is 25.1 Å². The van der Waals surface area contributed by atoms with Gasteiger partial charge in [0, 0.05) is 19.7 Å². The molecule has 0 aliphatic carbocycles. The zero-order chi connectivity index (χ0) is 11.0. The van der Waals surface area contributed by atoms with E-state index < -0.39 is 0 Å². The quantitative estimate of drug-likeness (QED) is 0.787. The summed E-state index contributed by atoms with van der Waals surface area (Å²) in [5.41, 5.74) is 8.60. The molecule has 0 spiro atoms. The van der Waals surface area contributed by atoms with Crippen LogP contribution in [0.5, 0.6) is 0 Å². The van der Waals surface area contributed by atoms with Crippen LogP contribution >= 0.6 is 34.2 Å². The minimum atomic E-state index is 0.528. The molecule has 0 aliphatic rings. The number of aromatic nitrogens is 2. The fourth-order valence-electron chi connectivity index (χ4n) is 1.36. The molecule has 0 aliphatic heterocycles. The van der Waals surface area contributed by atoms with Crippen LogP contribution in [0.4, 0.5) is 5.82 Å². The molecule has 0 bridgehead atoms. The normalized spacial score (nSPS) is 10.6. The molecule has 1 aromatic heterocycles. The van der Waals surface area contributed by atoms with Crippen molar-refractivity contribution in [1.29, 1.82) is 0 Å². The lowest BCUT2D eigenvalue weighted by Crippen LogP contribution is -1.88. The van der Waals surface area contributed by atoms with Crippen molar-refractivity contribution in [3.05, 3.63) is 32.4 Å². The summed E-state index contributed by atoms with van der Waals surface area (Å²) in [5.74, 6) is 0.528. The number of hydrogen-bond acceptors (Lipinski definition) is 2. The lowest BCUT2D eigenvalue weighted by molar-refractivity contribution is 1.10. The Balaban J connectivity index is 2.63. The van der Waals surface area contributed by atoms with Crippen molar-refractivity contribution in [3.8, 4) is 11.3 Å². The number of nitrogens with one attached hydrogen (secondary N) is 1. The number of anilines is 1. The highest BCUT2D eigenvalue weighted by molar-refractivity contribution is 14.1. The zero-order valence-electron chi connectivity index (χ0n) is 8.01. The predicted octanol–water partition coefficient (Wildman–Crippen LogP) is 3.23. The van der Waals surface area contributed by atoms with Crippen molar-refractivity contribution < 1.29 is 0 Å². The first-order chi connectivity index (χ1) is 7.09. The molecular weight excluding hydrogens is 324 g/mol. The van der Waals surface area contributed by atoms with Crippen molar-refractivity contribution in [2.45, 2.75) is 6.92 Å². The number of halogens is 2. The molecular formula is C10H9ClIN3. The highest BCUT2D eigenvalue weighted by Crippen LogP contribution is 2.30. The maximum atomic E-state index is 5.96. The lowest BCUT2D eigenvalue weighted by atomic mass is 10.1. The van der Waals surface area contributed by atoms with Crippen LogP contribution < -0.4 is 5.73 Å². The van der Waals surface area contributed by atoms with Gasteiger partial charge >= 0.3 is 0 Å². The van der Waals surface area contributed by atoms with Crippen LogP contribution in [0.2, 0.25) is 5.02 Å². The van der Waals surface area contributed by atoms with E-state index in [1.54, 1.807) is 0 Å². The average Bonchev–Trinajstić information content (AvgIpc) is 2.52. The van der Waals surface area contributed by atoms with Crippen LogP contribution in [0.15, 0.2) is 18.2 Å². The fraction of sp³-hybridized carbons (Fsp3) is 0.100. The fourth-order valence-corrected chi connectivity index (χ4v) is 2.14. The van der Waals surface area contributed by atoms with Gasteiger partial charge in [0.2, 0.25) is 0 Å². The second-order valence-corrected chi connectivity index (χ2v) is 4.83. The molecule has 15 heavy (non-hydrogen) atoms. The first-order valence-corrected chi connectivity index (χ1v) is 5.81. The summed E-state index contributed by atoms with van der Waals surface area (Å²) >= 11 is 8.22. The molecule has 0 fully saturated rings. The van der Waals surface area contributed by atoms with Crippen LogP contribution in [0, 0.1) is 10.5 Å². The van der Waals surface area contributed by atoms with Crippen LogP contribution in [-0.4, -0.2) is 10.2 Å². The topological polar surface area (TPSA) is 54.7 Å². The summed E-state index contributed by atoms with van der Waals surface area (Å²) < 4.78 is 1.11. The molecule has 1 heterocycles. The van der Waals surface area contributed by atoms with Gasteiger partial charge in [-0.3, -0.25) is 5.10 Å². The van der Waals surface area contributed by atoms with Gasteiger partial charge in [-0.05, 0) is 47.7 Å². The number of H-pyrrole nitrogens is 1. The van der Waals surface area contributed by atoms with Gasteiger partial charge in [0.15, 0.2) is 0 Å². The number of nitrogens with zero attached hydrogens (tertiary/aromatic N) is 1. The van der Waals surface area contributed by atoms with E-state index in [0.717, 1.165) is 20.4 Å². The Hall–Kier alpha value is -0.750. The summed E-state index contributed by atoms with van der Waals surface area (Å²) in [6.07, 6.45) is 0. The van der Waals surface area contributed by atoms with E-state index in [9.17, 15) is 0 Å². The second kappa shape index (κ2) is 4.02. The summed E-state index contributed by atoms with van der Waals surface area (Å²) in [5, 5.41) is 7.60. The van der Waals surface area contributed by atoms with Crippen molar-refractivity contribution >= 4 is 40.0 Å². The molecule has 0 saturated heterocycles. The minimum Gasteiger partial charge on any atom is -0.382 e. The zero-order valence-corrected chi connectivity index (χ0v) is 10.9. The Morgan fingerprint density at radius 2 is 2.20 bits per heavy atom. The van der Waals surface area contributed by atoms with Gasteiger partial charge in [0.1, 0.15) is 5.82 Å². The Kier molecular flexibility index (Phi) is 2.88. The van der Waals surface area contributed by atoms with E-state index in [-0.39, 0.29) is 0 Å². The van der Waals surface area contributed by atoms with Crippen LogP contribution in [0.25, 0.3) is 11.3 Å². The van der Waals surface area contributed by atoms with E-state index in [2.05, 4.69) is 32.8 Å². The third-order valence-electron chi connectivity index (χ3n) is 2.25. The van der Waals surface area contributed by atoms with Crippen LogP contribution in [0.1, 0.15) is 5.56 Å². The Morgan fingerprint density at radius 1 is 1.47 bits per heavy atom. The first-order valence-electron chi connectivity index (χ1n) is 4.35. The molecule has 5 heteroatoms. The maximum Gasteiger partial charge on any atom is 0.148 e. The molecule has 0 unspecified atom stereocenters. The van der Waals surface area contributed by atoms with E-state index >= 15 is 0 Å². The first kappa shape index (κ1) is 10.8. The summed E-state index contributed by atoms with van der Waals surface area (Å²) in [6.45, 7) is 1.94. The smallest absolute Gasteiger partial charge is 0.148 e. The van der Waals surface area contributed by atoms with E-state index in [0.29, 0.717) is 10.8 Å². The standard InChI is InChI=1S/C10H9ClIN3/c1-5-9(14-15-10(5)13)7-4-6(11)2-3-8(7)12/h2-4H,1H3,(H3,13,14,15). The number of benzene rings is 1. The Bertz CT molecular complexity index is 507. The Labute approximate surface area is 106 Å². The van der Waals surface area contributed by atoms with Crippen molar-refractivity contribution in [3.63, 3.8) is 0 Å². The molecule has 2 aromatic rings. The largest absolute Gasteiger partial charge is 0.382 e. The lowest BCUT2D eigenvalue weighted by Gasteiger charge is -2.03. The Morgan fingerprint density at radius 3 is 2.80 bits per heavy atom. The van der Waals surface area contributed by atoms with Crippen LogP contribution in [-0.2, 0) is 0 Å². The SMILES string of the molecule is Cc1c(N)n[nH]c1-c1cc(Cl)ccc1I. The van der Waals surface area contributed by atoms with Crippen molar-refractivity contribution in [1.82, 2.24) is 10.2 Å². The minimum absolute atomic E-state index is 0.528. The second-order valence-electron chi connectivity index (χ2n) is 3.23. The van der Waals surface area contributed by atoms with Crippen molar-refractivity contribution in [2.75, 3.05) is 5.73 Å². The molecule has 0 radical (unpaired) electrons. The monoisotopic (exact) mass is 333 g/mol. The molecule has 78 valence electrons. The van der Waals surface area contributed by atoms with Gasteiger partial charge in [-0.1, -0.05) is 11.6 Å². The molecule has 0 amide bonds. The average molecular weight is 334 g/mol. The highest BCUT2D eigenvalue weighted by atomic mass is 127. The third-order valence-corrected chi connectivity index (χ3v) is 3.42. The van der Waals surface area contributed by atoms with Gasteiger partial charge in [-0.15, -0.1) is 0 Å². The van der Waals surface area contributed by atoms with Crippen molar-refractivity contribution in [2.24, 2.45) is 0 Å². The number of hydrogen-bond donors (Lipinski definition) is 2. The molecule has 0 saturated carbocycles. The summed E-state index contributed by atoms with van der Waals surface area (Å²) in [6, 6.07) is 5.74. The number of nitrogens with two attached hydrogens (primary N) is 1. The van der Waals surface area contributed by atoms with Crippen LogP contribution in [0.3, 0.4) is 0 Å². The molecule has 3 N–H and O–H groups in total.